The maximum atomic E-state index is 12.2. The molecule has 3 heterocycles. The van der Waals surface area contributed by atoms with Gasteiger partial charge in [-0.25, -0.2) is 4.79 Å². The molecule has 1 fully saturated rings. The van der Waals surface area contributed by atoms with Crippen LogP contribution in [0.3, 0.4) is 0 Å². The summed E-state index contributed by atoms with van der Waals surface area (Å²) >= 11 is 0. The summed E-state index contributed by atoms with van der Waals surface area (Å²) in [5, 5.41) is 4.48. The minimum Gasteiger partial charge on any atom is -0.444 e. The van der Waals surface area contributed by atoms with Gasteiger partial charge >= 0.3 is 6.09 Å². The second kappa shape index (κ2) is 5.61. The molecule has 3 rings (SSSR count). The fourth-order valence-electron chi connectivity index (χ4n) is 2.97. The van der Waals surface area contributed by atoms with Gasteiger partial charge in [-0.3, -0.25) is 4.68 Å². The molecule has 7 heteroatoms. The average molecular weight is 303 g/mol. The number of ether oxygens (including phenoxy) is 2. The molecule has 2 aliphatic heterocycles. The Balaban J connectivity index is 1.77. The molecule has 2 radical (unpaired) electrons. The molecule has 1 aromatic heterocycles. The first kappa shape index (κ1) is 15.4. The van der Waals surface area contributed by atoms with Crippen LogP contribution in [-0.2, 0) is 22.4 Å². The molecular weight excluding hydrogens is 281 g/mol. The number of fused-ring (bicyclic) bond motifs is 1. The number of carbonyl (C=O) groups excluding carboxylic acids is 1. The van der Waals surface area contributed by atoms with Gasteiger partial charge in [-0.15, -0.1) is 0 Å². The fraction of sp³-hybridized carbons (Fsp3) is 0.733. The summed E-state index contributed by atoms with van der Waals surface area (Å²) in [6.07, 6.45) is 1.41. The van der Waals surface area contributed by atoms with Crippen LogP contribution in [0.15, 0.2) is 0 Å². The lowest BCUT2D eigenvalue weighted by molar-refractivity contribution is 0.0222. The summed E-state index contributed by atoms with van der Waals surface area (Å²) in [5.41, 5.74) is 2.10. The molecule has 6 nitrogen and oxygen atoms in total. The average Bonchev–Trinajstić information content (AvgIpc) is 3.05. The van der Waals surface area contributed by atoms with Crippen LogP contribution in [0.1, 0.15) is 44.5 Å². The lowest BCUT2D eigenvalue weighted by Crippen LogP contribution is -2.41. The highest BCUT2D eigenvalue weighted by atomic mass is 16.6. The molecule has 1 atom stereocenters. The first-order valence-electron chi connectivity index (χ1n) is 7.76. The van der Waals surface area contributed by atoms with Gasteiger partial charge in [0.15, 0.2) is 0 Å². The van der Waals surface area contributed by atoms with Crippen molar-refractivity contribution in [3.8, 4) is 0 Å². The smallest absolute Gasteiger partial charge is 0.410 e. The van der Waals surface area contributed by atoms with Gasteiger partial charge in [0.2, 0.25) is 0 Å². The number of carbonyl (C=O) groups is 1. The first-order valence-corrected chi connectivity index (χ1v) is 7.76. The van der Waals surface area contributed by atoms with Crippen LogP contribution in [0.2, 0.25) is 0 Å². The number of nitrogens with zero attached hydrogens (tertiary/aromatic N) is 3. The van der Waals surface area contributed by atoms with E-state index in [0.717, 1.165) is 30.7 Å². The number of hydrogen-bond donors (Lipinski definition) is 0. The van der Waals surface area contributed by atoms with Crippen molar-refractivity contribution in [3.63, 3.8) is 0 Å². The summed E-state index contributed by atoms with van der Waals surface area (Å²) in [4.78, 5) is 13.9. The Morgan fingerprint density at radius 3 is 2.86 bits per heavy atom. The van der Waals surface area contributed by atoms with Crippen molar-refractivity contribution >= 4 is 19.5 Å². The Labute approximate surface area is 132 Å². The minimum absolute atomic E-state index is 0.263. The fourth-order valence-corrected chi connectivity index (χ4v) is 2.97. The number of rotatable bonds is 1. The van der Waals surface area contributed by atoms with E-state index in [1.807, 2.05) is 25.5 Å². The minimum atomic E-state index is -0.492. The third-order valence-electron chi connectivity index (χ3n) is 4.02. The monoisotopic (exact) mass is 303 g/mol. The van der Waals surface area contributed by atoms with Crippen LogP contribution in [0, 0.1) is 0 Å². The largest absolute Gasteiger partial charge is 0.444 e. The Kier molecular flexibility index (Phi) is 3.93. The molecular formula is C15H22BN3O3. The molecule has 2 aliphatic rings. The summed E-state index contributed by atoms with van der Waals surface area (Å²) < 4.78 is 12.9. The van der Waals surface area contributed by atoms with E-state index >= 15 is 0 Å². The molecule has 22 heavy (non-hydrogen) atoms. The number of amides is 1. The summed E-state index contributed by atoms with van der Waals surface area (Å²) in [5.74, 6) is 0. The van der Waals surface area contributed by atoms with Crippen molar-refractivity contribution in [1.29, 1.82) is 0 Å². The van der Waals surface area contributed by atoms with Crippen LogP contribution in [0.25, 0.3) is 0 Å². The highest BCUT2D eigenvalue weighted by molar-refractivity contribution is 6.31. The molecule has 0 bridgehead atoms. The molecule has 0 unspecified atom stereocenters. The van der Waals surface area contributed by atoms with Crippen molar-refractivity contribution in [2.24, 2.45) is 0 Å². The second-order valence-electron chi connectivity index (χ2n) is 6.92. The van der Waals surface area contributed by atoms with E-state index in [2.05, 4.69) is 5.10 Å². The molecule has 0 spiro atoms. The van der Waals surface area contributed by atoms with Gasteiger partial charge in [-0.2, -0.15) is 5.10 Å². The second-order valence-corrected chi connectivity index (χ2v) is 6.92. The molecule has 0 aromatic carbocycles. The van der Waals surface area contributed by atoms with Crippen LogP contribution in [0.4, 0.5) is 4.79 Å². The zero-order valence-electron chi connectivity index (χ0n) is 13.5. The molecule has 1 saturated heterocycles. The summed E-state index contributed by atoms with van der Waals surface area (Å²) in [7, 11) is 6.07. The highest BCUT2D eigenvalue weighted by Crippen LogP contribution is 2.25. The predicted molar refractivity (Wildman–Crippen MR) is 82.4 cm³/mol. The highest BCUT2D eigenvalue weighted by Gasteiger charge is 2.31. The molecule has 1 amide bonds. The third-order valence-corrected chi connectivity index (χ3v) is 4.02. The molecule has 0 saturated carbocycles. The zero-order chi connectivity index (χ0) is 15.9. The van der Waals surface area contributed by atoms with Crippen LogP contribution >= 0.6 is 0 Å². The zero-order valence-corrected chi connectivity index (χ0v) is 13.5. The molecule has 0 aliphatic carbocycles. The third kappa shape index (κ3) is 3.00. The van der Waals surface area contributed by atoms with Crippen molar-refractivity contribution in [2.45, 2.75) is 51.8 Å². The Morgan fingerprint density at radius 2 is 2.23 bits per heavy atom. The first-order chi connectivity index (χ1) is 10.3. The van der Waals surface area contributed by atoms with Crippen LogP contribution < -0.4 is 5.59 Å². The number of hydrogen-bond acceptors (Lipinski definition) is 4. The van der Waals surface area contributed by atoms with E-state index in [0.29, 0.717) is 25.3 Å². The molecule has 118 valence electrons. The maximum absolute atomic E-state index is 12.2. The Morgan fingerprint density at radius 1 is 1.45 bits per heavy atom. The maximum Gasteiger partial charge on any atom is 0.410 e. The van der Waals surface area contributed by atoms with E-state index in [1.165, 1.54) is 0 Å². The van der Waals surface area contributed by atoms with E-state index in [-0.39, 0.29) is 12.1 Å². The number of aromatic nitrogens is 2. The van der Waals surface area contributed by atoms with Gasteiger partial charge < -0.3 is 14.4 Å². The standard InChI is InChI=1S/C15H22BN3O3/c1-15(2,3)22-14(20)18-6-4-12-11(8-18)13(16)17-19(12)10-5-7-21-9-10/h10H,4-9H2,1-3H3/t10-/m0/s1. The summed E-state index contributed by atoms with van der Waals surface area (Å²) in [6.45, 7) is 8.14. The van der Waals surface area contributed by atoms with Gasteiger partial charge in [0.05, 0.1) is 19.2 Å². The van der Waals surface area contributed by atoms with Gasteiger partial charge in [0.25, 0.3) is 0 Å². The Hall–Kier alpha value is -1.50. The van der Waals surface area contributed by atoms with Crippen molar-refractivity contribution in [1.82, 2.24) is 14.7 Å². The van der Waals surface area contributed by atoms with Crippen LogP contribution in [0.5, 0.6) is 0 Å². The van der Waals surface area contributed by atoms with Gasteiger partial charge in [0.1, 0.15) is 13.4 Å². The normalized spacial score (nSPS) is 21.8. The lowest BCUT2D eigenvalue weighted by Gasteiger charge is -2.30. The van der Waals surface area contributed by atoms with Crippen molar-refractivity contribution < 1.29 is 14.3 Å². The topological polar surface area (TPSA) is 56.6 Å². The van der Waals surface area contributed by atoms with Gasteiger partial charge in [-0.05, 0) is 27.2 Å². The van der Waals surface area contributed by atoms with E-state index in [1.54, 1.807) is 4.90 Å². The summed E-state index contributed by atoms with van der Waals surface area (Å²) in [6, 6.07) is 0.263. The quantitative estimate of drug-likeness (QED) is 0.724. The molecule has 1 aromatic rings. The van der Waals surface area contributed by atoms with Crippen molar-refractivity contribution in [2.75, 3.05) is 19.8 Å². The predicted octanol–water partition coefficient (Wildman–Crippen LogP) is 0.931. The van der Waals surface area contributed by atoms with Crippen molar-refractivity contribution in [3.05, 3.63) is 11.3 Å². The molecule has 0 N–H and O–H groups in total. The van der Waals surface area contributed by atoms with Gasteiger partial charge in [0, 0.05) is 36.4 Å². The van der Waals surface area contributed by atoms with E-state index < -0.39 is 5.60 Å². The lowest BCUT2D eigenvalue weighted by atomic mass is 9.94. The Bertz CT molecular complexity index is 573. The SMILES string of the molecule is [B]c1nn([C@H]2CCOC2)c2c1CN(C(=O)OC(C)(C)C)CC2. The van der Waals surface area contributed by atoms with Crippen LogP contribution in [-0.4, -0.2) is 54.0 Å². The van der Waals surface area contributed by atoms with E-state index in [9.17, 15) is 4.79 Å². The van der Waals surface area contributed by atoms with E-state index in [4.69, 9.17) is 17.3 Å². The van der Waals surface area contributed by atoms with Gasteiger partial charge in [-0.1, -0.05) is 0 Å².